The third-order valence-electron chi connectivity index (χ3n) is 4.99. The van der Waals surface area contributed by atoms with Gasteiger partial charge < -0.3 is 9.64 Å². The van der Waals surface area contributed by atoms with Crippen molar-refractivity contribution in [3.63, 3.8) is 0 Å². The summed E-state index contributed by atoms with van der Waals surface area (Å²) >= 11 is 0. The van der Waals surface area contributed by atoms with E-state index in [2.05, 4.69) is 10.00 Å². The summed E-state index contributed by atoms with van der Waals surface area (Å²) in [5.41, 5.74) is 0.721. The van der Waals surface area contributed by atoms with Gasteiger partial charge in [0.2, 0.25) is 0 Å². The number of carbonyl (C=O) groups is 1. The predicted molar refractivity (Wildman–Crippen MR) is 88.4 cm³/mol. The lowest BCUT2D eigenvalue weighted by Crippen LogP contribution is -2.39. The molecule has 0 bridgehead atoms. The summed E-state index contributed by atoms with van der Waals surface area (Å²) in [4.78, 5) is 17.3. The standard InChI is InChI=1S/C17H28N4O2/c1-2-21-16(5-7-18-21)17(22)20-8-3-4-15(6-9-20)14-19-10-12-23-13-11-19/h5,7,15H,2-4,6,8-14H2,1H3. The van der Waals surface area contributed by atoms with E-state index in [0.29, 0.717) is 5.92 Å². The van der Waals surface area contributed by atoms with Crippen molar-refractivity contribution in [2.75, 3.05) is 45.9 Å². The number of ether oxygens (including phenoxy) is 1. The first-order valence-corrected chi connectivity index (χ1v) is 8.89. The first-order chi connectivity index (χ1) is 11.3. The molecule has 0 saturated carbocycles. The molecule has 2 aliphatic rings. The second-order valence-electron chi connectivity index (χ2n) is 6.53. The van der Waals surface area contributed by atoms with E-state index in [9.17, 15) is 4.79 Å². The Morgan fingerprint density at radius 2 is 2.09 bits per heavy atom. The largest absolute Gasteiger partial charge is 0.379 e. The van der Waals surface area contributed by atoms with Crippen molar-refractivity contribution in [1.29, 1.82) is 0 Å². The van der Waals surface area contributed by atoms with Gasteiger partial charge in [0.25, 0.3) is 5.91 Å². The normalized spacial score (nSPS) is 23.7. The van der Waals surface area contributed by atoms with Gasteiger partial charge in [0.1, 0.15) is 5.69 Å². The molecular formula is C17H28N4O2. The Morgan fingerprint density at radius 1 is 1.26 bits per heavy atom. The third kappa shape index (κ3) is 4.12. The van der Waals surface area contributed by atoms with Crippen LogP contribution < -0.4 is 0 Å². The van der Waals surface area contributed by atoms with Gasteiger partial charge in [-0.1, -0.05) is 0 Å². The monoisotopic (exact) mass is 320 g/mol. The van der Waals surface area contributed by atoms with Crippen molar-refractivity contribution in [3.05, 3.63) is 18.0 Å². The van der Waals surface area contributed by atoms with Crippen LogP contribution in [0.4, 0.5) is 0 Å². The molecule has 1 aromatic rings. The van der Waals surface area contributed by atoms with E-state index in [1.54, 1.807) is 10.9 Å². The van der Waals surface area contributed by atoms with Crippen molar-refractivity contribution in [1.82, 2.24) is 19.6 Å². The number of rotatable bonds is 4. The minimum atomic E-state index is 0.136. The molecule has 23 heavy (non-hydrogen) atoms. The molecule has 2 fully saturated rings. The van der Waals surface area contributed by atoms with Crippen LogP contribution in [-0.2, 0) is 11.3 Å². The van der Waals surface area contributed by atoms with Crippen LogP contribution in [0.2, 0.25) is 0 Å². The molecule has 0 radical (unpaired) electrons. The van der Waals surface area contributed by atoms with Crippen LogP contribution in [-0.4, -0.2) is 71.4 Å². The Hall–Kier alpha value is -1.40. The number of morpholine rings is 1. The lowest BCUT2D eigenvalue weighted by atomic mass is 10.00. The van der Waals surface area contributed by atoms with Crippen LogP contribution in [0.3, 0.4) is 0 Å². The Kier molecular flexibility index (Phi) is 5.67. The molecule has 3 heterocycles. The van der Waals surface area contributed by atoms with Crippen molar-refractivity contribution >= 4 is 5.91 Å². The third-order valence-corrected chi connectivity index (χ3v) is 4.99. The second kappa shape index (κ2) is 7.93. The Bertz CT molecular complexity index is 510. The highest BCUT2D eigenvalue weighted by Gasteiger charge is 2.25. The molecule has 0 aromatic carbocycles. The van der Waals surface area contributed by atoms with Gasteiger partial charge >= 0.3 is 0 Å². The summed E-state index contributed by atoms with van der Waals surface area (Å²) in [7, 11) is 0. The molecule has 2 aliphatic heterocycles. The van der Waals surface area contributed by atoms with E-state index in [4.69, 9.17) is 4.74 Å². The SMILES string of the molecule is CCn1nccc1C(=O)N1CCCC(CN2CCOCC2)CC1. The lowest BCUT2D eigenvalue weighted by Gasteiger charge is -2.30. The Labute approximate surface area is 138 Å². The summed E-state index contributed by atoms with van der Waals surface area (Å²) in [6.07, 6.45) is 5.13. The first kappa shape index (κ1) is 16.5. The van der Waals surface area contributed by atoms with Gasteiger partial charge in [0.05, 0.1) is 13.2 Å². The van der Waals surface area contributed by atoms with Gasteiger partial charge in [0.15, 0.2) is 0 Å². The zero-order valence-electron chi connectivity index (χ0n) is 14.1. The van der Waals surface area contributed by atoms with Gasteiger partial charge in [0, 0.05) is 45.5 Å². The molecule has 128 valence electrons. The molecule has 1 atom stereocenters. The summed E-state index contributed by atoms with van der Waals surface area (Å²) in [6, 6.07) is 1.84. The molecule has 1 amide bonds. The number of carbonyl (C=O) groups excluding carboxylic acids is 1. The highest BCUT2D eigenvalue weighted by atomic mass is 16.5. The van der Waals surface area contributed by atoms with Crippen LogP contribution in [0.1, 0.15) is 36.7 Å². The highest BCUT2D eigenvalue weighted by Crippen LogP contribution is 2.20. The quantitative estimate of drug-likeness (QED) is 0.843. The fourth-order valence-corrected chi connectivity index (χ4v) is 3.63. The van der Waals surface area contributed by atoms with Crippen LogP contribution in [0.25, 0.3) is 0 Å². The molecule has 1 aromatic heterocycles. The van der Waals surface area contributed by atoms with Gasteiger partial charge in [-0.25, -0.2) is 0 Å². The van der Waals surface area contributed by atoms with E-state index in [1.807, 2.05) is 17.9 Å². The molecule has 0 aliphatic carbocycles. The molecule has 6 heteroatoms. The van der Waals surface area contributed by atoms with Crippen molar-refractivity contribution in [3.8, 4) is 0 Å². The summed E-state index contributed by atoms with van der Waals surface area (Å²) in [6.45, 7) is 9.46. The highest BCUT2D eigenvalue weighted by molar-refractivity contribution is 5.92. The fourth-order valence-electron chi connectivity index (χ4n) is 3.63. The molecule has 1 unspecified atom stereocenters. The van der Waals surface area contributed by atoms with E-state index in [-0.39, 0.29) is 5.91 Å². The Morgan fingerprint density at radius 3 is 2.87 bits per heavy atom. The zero-order chi connectivity index (χ0) is 16.1. The maximum Gasteiger partial charge on any atom is 0.272 e. The second-order valence-corrected chi connectivity index (χ2v) is 6.53. The van der Waals surface area contributed by atoms with E-state index in [1.165, 1.54) is 6.42 Å². The van der Waals surface area contributed by atoms with Gasteiger partial charge in [-0.05, 0) is 38.2 Å². The summed E-state index contributed by atoms with van der Waals surface area (Å²) < 4.78 is 7.21. The predicted octanol–water partition coefficient (Wildman–Crippen LogP) is 1.48. The van der Waals surface area contributed by atoms with Crippen LogP contribution in [0.5, 0.6) is 0 Å². The number of hydrogen-bond donors (Lipinski definition) is 0. The average Bonchev–Trinajstić information content (AvgIpc) is 2.95. The summed E-state index contributed by atoms with van der Waals surface area (Å²) in [5, 5.41) is 4.22. The molecule has 0 N–H and O–H groups in total. The van der Waals surface area contributed by atoms with E-state index in [0.717, 1.165) is 71.0 Å². The smallest absolute Gasteiger partial charge is 0.272 e. The van der Waals surface area contributed by atoms with Crippen molar-refractivity contribution in [2.45, 2.75) is 32.7 Å². The molecule has 2 saturated heterocycles. The van der Waals surface area contributed by atoms with Gasteiger partial charge in [-0.15, -0.1) is 0 Å². The Balaban J connectivity index is 1.54. The maximum atomic E-state index is 12.7. The number of aryl methyl sites for hydroxylation is 1. The van der Waals surface area contributed by atoms with Crippen LogP contribution >= 0.6 is 0 Å². The van der Waals surface area contributed by atoms with E-state index < -0.39 is 0 Å². The number of amides is 1. The van der Waals surface area contributed by atoms with Crippen LogP contribution in [0.15, 0.2) is 12.3 Å². The number of nitrogens with zero attached hydrogens (tertiary/aromatic N) is 4. The minimum absolute atomic E-state index is 0.136. The van der Waals surface area contributed by atoms with Gasteiger partial charge in [-0.2, -0.15) is 5.10 Å². The maximum absolute atomic E-state index is 12.7. The molecule has 3 rings (SSSR count). The molecule has 6 nitrogen and oxygen atoms in total. The van der Waals surface area contributed by atoms with Crippen molar-refractivity contribution < 1.29 is 9.53 Å². The minimum Gasteiger partial charge on any atom is -0.379 e. The average molecular weight is 320 g/mol. The first-order valence-electron chi connectivity index (χ1n) is 8.89. The molecular weight excluding hydrogens is 292 g/mol. The number of hydrogen-bond acceptors (Lipinski definition) is 4. The van der Waals surface area contributed by atoms with E-state index >= 15 is 0 Å². The number of likely N-dealkylation sites (tertiary alicyclic amines) is 1. The number of aromatic nitrogens is 2. The zero-order valence-corrected chi connectivity index (χ0v) is 14.1. The van der Waals surface area contributed by atoms with Gasteiger partial charge in [-0.3, -0.25) is 14.4 Å². The molecule has 0 spiro atoms. The lowest BCUT2D eigenvalue weighted by molar-refractivity contribution is 0.0296. The van der Waals surface area contributed by atoms with Crippen LogP contribution in [0, 0.1) is 5.92 Å². The topological polar surface area (TPSA) is 50.6 Å². The fraction of sp³-hybridized carbons (Fsp3) is 0.765. The van der Waals surface area contributed by atoms with Crippen molar-refractivity contribution in [2.24, 2.45) is 5.92 Å². The summed E-state index contributed by atoms with van der Waals surface area (Å²) in [5.74, 6) is 0.832.